The van der Waals surface area contributed by atoms with Crippen molar-refractivity contribution in [1.29, 1.82) is 0 Å². The zero-order valence-electron chi connectivity index (χ0n) is 14.2. The Morgan fingerprint density at radius 3 is 2.72 bits per heavy atom. The Morgan fingerprint density at radius 2 is 1.92 bits per heavy atom. The van der Waals surface area contributed by atoms with E-state index in [2.05, 4.69) is 9.97 Å². The third kappa shape index (κ3) is 3.85. The van der Waals surface area contributed by atoms with Crippen LogP contribution in [0.5, 0.6) is 5.75 Å². The monoisotopic (exact) mass is 341 g/mol. The highest BCUT2D eigenvalue weighted by Crippen LogP contribution is 2.17. The van der Waals surface area contributed by atoms with Gasteiger partial charge in [0.1, 0.15) is 12.4 Å². The Kier molecular flexibility index (Phi) is 5.09. The smallest absolute Gasteiger partial charge is 0.258 e. The molecule has 0 aliphatic heterocycles. The van der Waals surface area contributed by atoms with E-state index in [1.807, 2.05) is 37.1 Å². The molecule has 1 heterocycles. The first-order valence-corrected chi connectivity index (χ1v) is 8.13. The molecule has 0 saturated heterocycles. The highest BCUT2D eigenvalue weighted by molar-refractivity contribution is 5.77. The molecule has 0 bridgehead atoms. The number of fused-ring (bicyclic) bond motifs is 1. The van der Waals surface area contributed by atoms with E-state index in [0.717, 1.165) is 0 Å². The second kappa shape index (κ2) is 7.44. The third-order valence-corrected chi connectivity index (χ3v) is 4.23. The molecule has 0 spiro atoms. The summed E-state index contributed by atoms with van der Waals surface area (Å²) in [7, 11) is 1.91. The molecule has 0 saturated carbocycles. The number of rotatable bonds is 6. The zero-order valence-corrected chi connectivity index (χ0v) is 14.2. The van der Waals surface area contributed by atoms with E-state index in [0.29, 0.717) is 29.9 Å². The SMILES string of the molecule is CC(c1nc2ccccc2c(=O)[nH]1)N(C)CCOc1ccccc1F. The maximum atomic E-state index is 13.5. The minimum Gasteiger partial charge on any atom is -0.489 e. The molecule has 130 valence electrons. The van der Waals surface area contributed by atoms with Crippen molar-refractivity contribution in [1.82, 2.24) is 14.9 Å². The van der Waals surface area contributed by atoms with E-state index in [-0.39, 0.29) is 23.2 Å². The van der Waals surface area contributed by atoms with Gasteiger partial charge >= 0.3 is 0 Å². The van der Waals surface area contributed by atoms with Crippen molar-refractivity contribution in [3.63, 3.8) is 0 Å². The second-order valence-corrected chi connectivity index (χ2v) is 5.90. The lowest BCUT2D eigenvalue weighted by Gasteiger charge is -2.24. The second-order valence-electron chi connectivity index (χ2n) is 5.90. The Bertz CT molecular complexity index is 926. The van der Waals surface area contributed by atoms with E-state index in [9.17, 15) is 9.18 Å². The molecule has 0 amide bonds. The minimum atomic E-state index is -0.376. The molecule has 0 radical (unpaired) electrons. The van der Waals surface area contributed by atoms with Crippen molar-refractivity contribution in [2.45, 2.75) is 13.0 Å². The van der Waals surface area contributed by atoms with Gasteiger partial charge in [-0.15, -0.1) is 0 Å². The first kappa shape index (κ1) is 17.1. The predicted octanol–water partition coefficient (Wildman–Crippen LogP) is 3.13. The maximum Gasteiger partial charge on any atom is 0.258 e. The largest absolute Gasteiger partial charge is 0.489 e. The summed E-state index contributed by atoms with van der Waals surface area (Å²) in [4.78, 5) is 21.6. The van der Waals surface area contributed by atoms with Crippen molar-refractivity contribution in [2.75, 3.05) is 20.2 Å². The normalized spacial score (nSPS) is 12.5. The fourth-order valence-corrected chi connectivity index (χ4v) is 2.57. The molecule has 6 heteroatoms. The summed E-state index contributed by atoms with van der Waals surface area (Å²) < 4.78 is 19.0. The van der Waals surface area contributed by atoms with Gasteiger partial charge in [-0.25, -0.2) is 9.37 Å². The van der Waals surface area contributed by atoms with E-state index >= 15 is 0 Å². The van der Waals surface area contributed by atoms with Crippen molar-refractivity contribution in [3.05, 3.63) is 70.5 Å². The average molecular weight is 341 g/mol. The number of likely N-dealkylation sites (N-methyl/N-ethyl adjacent to an activating group) is 1. The first-order chi connectivity index (χ1) is 12.1. The average Bonchev–Trinajstić information content (AvgIpc) is 2.62. The van der Waals surface area contributed by atoms with Crippen molar-refractivity contribution < 1.29 is 9.13 Å². The molecule has 0 fully saturated rings. The highest BCUT2D eigenvalue weighted by atomic mass is 19.1. The van der Waals surface area contributed by atoms with Gasteiger partial charge in [-0.1, -0.05) is 24.3 Å². The molecular formula is C19H20FN3O2. The van der Waals surface area contributed by atoms with Crippen LogP contribution in [0.1, 0.15) is 18.8 Å². The molecule has 3 rings (SSSR count). The third-order valence-electron chi connectivity index (χ3n) is 4.23. The van der Waals surface area contributed by atoms with Gasteiger partial charge in [0.2, 0.25) is 0 Å². The fraction of sp³-hybridized carbons (Fsp3) is 0.263. The lowest BCUT2D eigenvalue weighted by Crippen LogP contribution is -2.30. The number of hydrogen-bond acceptors (Lipinski definition) is 4. The maximum absolute atomic E-state index is 13.5. The number of aromatic nitrogens is 2. The summed E-state index contributed by atoms with van der Waals surface area (Å²) in [5.41, 5.74) is 0.521. The van der Waals surface area contributed by atoms with Crippen LogP contribution < -0.4 is 10.3 Å². The predicted molar refractivity (Wildman–Crippen MR) is 95.3 cm³/mol. The van der Waals surface area contributed by atoms with Crippen molar-refractivity contribution in [2.24, 2.45) is 0 Å². The lowest BCUT2D eigenvalue weighted by atomic mass is 10.2. The molecule has 1 atom stereocenters. The van der Waals surface area contributed by atoms with Crippen LogP contribution in [-0.2, 0) is 0 Å². The van der Waals surface area contributed by atoms with Crippen LogP contribution in [0.25, 0.3) is 10.9 Å². The number of nitrogens with zero attached hydrogens (tertiary/aromatic N) is 2. The summed E-state index contributed by atoms with van der Waals surface area (Å²) in [6.07, 6.45) is 0. The number of nitrogens with one attached hydrogen (secondary N) is 1. The van der Waals surface area contributed by atoms with Crippen molar-refractivity contribution >= 4 is 10.9 Å². The number of ether oxygens (including phenoxy) is 1. The molecule has 3 aromatic rings. The topological polar surface area (TPSA) is 58.2 Å². The number of benzene rings is 2. The summed E-state index contributed by atoms with van der Waals surface area (Å²) in [5.74, 6) is 0.455. The molecule has 25 heavy (non-hydrogen) atoms. The molecule has 0 aliphatic rings. The number of para-hydroxylation sites is 2. The van der Waals surface area contributed by atoms with Crippen LogP contribution in [0.4, 0.5) is 4.39 Å². The number of hydrogen-bond donors (Lipinski definition) is 1. The van der Waals surface area contributed by atoms with Crippen molar-refractivity contribution in [3.8, 4) is 5.75 Å². The van der Waals surface area contributed by atoms with Gasteiger partial charge in [-0.05, 0) is 38.2 Å². The van der Waals surface area contributed by atoms with E-state index in [1.165, 1.54) is 6.07 Å². The van der Waals surface area contributed by atoms with Gasteiger partial charge in [0.25, 0.3) is 5.56 Å². The quantitative estimate of drug-likeness (QED) is 0.748. The number of halogens is 1. The summed E-state index contributed by atoms with van der Waals surface area (Å²) in [6.45, 7) is 2.85. The molecule has 1 unspecified atom stereocenters. The van der Waals surface area contributed by atoms with Crippen LogP contribution in [-0.4, -0.2) is 35.1 Å². The van der Waals surface area contributed by atoms with Gasteiger partial charge < -0.3 is 9.72 Å². The number of H-pyrrole nitrogens is 1. The minimum absolute atomic E-state index is 0.110. The van der Waals surface area contributed by atoms with E-state index < -0.39 is 0 Å². The molecule has 1 N–H and O–H groups in total. The fourth-order valence-electron chi connectivity index (χ4n) is 2.57. The van der Waals surface area contributed by atoms with Crippen LogP contribution in [0.2, 0.25) is 0 Å². The van der Waals surface area contributed by atoms with Crippen LogP contribution in [0, 0.1) is 5.82 Å². The highest BCUT2D eigenvalue weighted by Gasteiger charge is 2.15. The first-order valence-electron chi connectivity index (χ1n) is 8.13. The Balaban J connectivity index is 1.67. The molecule has 2 aromatic carbocycles. The zero-order chi connectivity index (χ0) is 17.8. The molecule has 5 nitrogen and oxygen atoms in total. The Morgan fingerprint density at radius 1 is 1.20 bits per heavy atom. The van der Waals surface area contributed by atoms with Crippen LogP contribution >= 0.6 is 0 Å². The standard InChI is InChI=1S/C19H20FN3O2/c1-13(18-21-16-9-5-3-7-14(16)19(24)22-18)23(2)11-12-25-17-10-6-4-8-15(17)20/h3-10,13H,11-12H2,1-2H3,(H,21,22,24). The molecular weight excluding hydrogens is 321 g/mol. The summed E-state index contributed by atoms with van der Waals surface area (Å²) in [5, 5.41) is 0.573. The molecule has 1 aromatic heterocycles. The van der Waals surface area contributed by atoms with Crippen LogP contribution in [0.15, 0.2) is 53.3 Å². The van der Waals surface area contributed by atoms with Gasteiger partial charge in [0, 0.05) is 6.54 Å². The Labute approximate surface area is 145 Å². The van der Waals surface area contributed by atoms with Gasteiger partial charge in [0.05, 0.1) is 16.9 Å². The summed E-state index contributed by atoms with van der Waals surface area (Å²) >= 11 is 0. The van der Waals surface area contributed by atoms with E-state index in [4.69, 9.17) is 4.74 Å². The van der Waals surface area contributed by atoms with Gasteiger partial charge in [-0.3, -0.25) is 9.69 Å². The number of aromatic amines is 1. The van der Waals surface area contributed by atoms with Gasteiger partial charge in [0.15, 0.2) is 11.6 Å². The molecule has 0 aliphatic carbocycles. The van der Waals surface area contributed by atoms with Gasteiger partial charge in [-0.2, -0.15) is 0 Å². The lowest BCUT2D eigenvalue weighted by molar-refractivity contribution is 0.192. The van der Waals surface area contributed by atoms with Crippen LogP contribution in [0.3, 0.4) is 0 Å². The Hall–Kier alpha value is -2.73. The summed E-state index contributed by atoms with van der Waals surface area (Å²) in [6, 6.07) is 13.5. The van der Waals surface area contributed by atoms with E-state index in [1.54, 1.807) is 24.3 Å².